The predicted octanol–water partition coefficient (Wildman–Crippen LogP) is 2.55. The minimum Gasteiger partial charge on any atom is -0.469 e. The molecule has 8 heteroatoms. The van der Waals surface area contributed by atoms with E-state index >= 15 is 0 Å². The molecular weight excluding hydrogens is 388 g/mol. The van der Waals surface area contributed by atoms with E-state index < -0.39 is 41.1 Å². The highest BCUT2D eigenvalue weighted by Crippen LogP contribution is 2.62. The third-order valence-corrected chi connectivity index (χ3v) is 6.03. The Morgan fingerprint density at radius 1 is 1.07 bits per heavy atom. The molecule has 0 radical (unpaired) electrons. The Balaban J connectivity index is 1.83. The second kappa shape index (κ2) is 6.04. The molecule has 3 atom stereocenters. The van der Waals surface area contributed by atoms with E-state index in [0.717, 1.165) is 5.56 Å². The van der Waals surface area contributed by atoms with E-state index in [1.54, 1.807) is 18.3 Å². The smallest absolute Gasteiger partial charge is 0.330 e. The molecule has 3 aliphatic rings. The normalized spacial score (nSPS) is 28.0. The van der Waals surface area contributed by atoms with Crippen LogP contribution in [0.25, 0.3) is 0 Å². The van der Waals surface area contributed by atoms with Gasteiger partial charge in [-0.1, -0.05) is 24.3 Å². The van der Waals surface area contributed by atoms with Crippen molar-refractivity contribution in [3.05, 3.63) is 59.5 Å². The first-order chi connectivity index (χ1) is 14.3. The van der Waals surface area contributed by atoms with Crippen LogP contribution in [-0.4, -0.2) is 40.8 Å². The summed E-state index contributed by atoms with van der Waals surface area (Å²) in [5.74, 6) is -3.81. The number of furan rings is 1. The second-order valence-corrected chi connectivity index (χ2v) is 8.25. The molecule has 3 aliphatic heterocycles. The topological polar surface area (TPSA) is 98.4 Å². The van der Waals surface area contributed by atoms with Crippen LogP contribution in [0.1, 0.15) is 49.6 Å². The Morgan fingerprint density at radius 3 is 2.40 bits per heavy atom. The molecular formula is C22H20N2O6. The molecule has 0 aliphatic carbocycles. The van der Waals surface area contributed by atoms with E-state index in [2.05, 4.69) is 5.10 Å². The van der Waals surface area contributed by atoms with Crippen molar-refractivity contribution >= 4 is 23.9 Å². The predicted molar refractivity (Wildman–Crippen MR) is 103 cm³/mol. The summed E-state index contributed by atoms with van der Waals surface area (Å²) in [7, 11) is 0. The third-order valence-electron chi connectivity index (χ3n) is 6.03. The molecule has 30 heavy (non-hydrogen) atoms. The van der Waals surface area contributed by atoms with Gasteiger partial charge in [0.05, 0.1) is 18.4 Å². The van der Waals surface area contributed by atoms with E-state index in [0.29, 0.717) is 11.3 Å². The van der Waals surface area contributed by atoms with Gasteiger partial charge in [-0.25, -0.2) is 0 Å². The number of hydrogen-bond donors (Lipinski definition) is 0. The van der Waals surface area contributed by atoms with Crippen LogP contribution in [0.3, 0.4) is 0 Å². The Kier molecular flexibility index (Phi) is 3.75. The first-order valence-corrected chi connectivity index (χ1v) is 9.69. The van der Waals surface area contributed by atoms with Crippen molar-refractivity contribution in [3.63, 3.8) is 0 Å². The van der Waals surface area contributed by atoms with Gasteiger partial charge in [-0.15, -0.1) is 0 Å². The average Bonchev–Trinajstić information content (AvgIpc) is 3.30. The number of nitrogens with zero attached hydrogens (tertiary/aromatic N) is 2. The zero-order valence-electron chi connectivity index (χ0n) is 16.7. The highest BCUT2D eigenvalue weighted by Gasteiger charge is 2.75. The van der Waals surface area contributed by atoms with Crippen molar-refractivity contribution in [1.29, 1.82) is 0 Å². The van der Waals surface area contributed by atoms with Gasteiger partial charge in [-0.3, -0.25) is 19.4 Å². The maximum Gasteiger partial charge on any atom is 0.330 e. The van der Waals surface area contributed by atoms with Crippen molar-refractivity contribution in [3.8, 4) is 0 Å². The lowest BCUT2D eigenvalue weighted by molar-refractivity contribution is -0.254. The molecule has 0 saturated carbocycles. The Morgan fingerprint density at radius 2 is 1.77 bits per heavy atom. The molecule has 2 aromatic rings. The van der Waals surface area contributed by atoms with Crippen LogP contribution in [0.2, 0.25) is 0 Å². The van der Waals surface area contributed by atoms with Crippen LogP contribution in [0.15, 0.2) is 52.2 Å². The summed E-state index contributed by atoms with van der Waals surface area (Å²) >= 11 is 0. The van der Waals surface area contributed by atoms with Crippen LogP contribution in [0, 0.1) is 5.41 Å². The van der Waals surface area contributed by atoms with Crippen LogP contribution >= 0.6 is 0 Å². The van der Waals surface area contributed by atoms with Crippen LogP contribution in [-0.2, 0) is 23.9 Å². The van der Waals surface area contributed by atoms with Crippen molar-refractivity contribution < 1.29 is 28.3 Å². The molecule has 8 nitrogen and oxygen atoms in total. The van der Waals surface area contributed by atoms with Gasteiger partial charge in [0.15, 0.2) is 5.78 Å². The first-order valence-electron chi connectivity index (χ1n) is 9.69. The highest BCUT2D eigenvalue weighted by atomic mass is 16.7. The Hall–Kier alpha value is -3.42. The van der Waals surface area contributed by atoms with E-state index in [4.69, 9.17) is 13.9 Å². The Labute approximate surface area is 172 Å². The molecule has 0 bridgehead atoms. The molecule has 154 valence electrons. The van der Waals surface area contributed by atoms with Crippen LogP contribution in [0.4, 0.5) is 0 Å². The molecule has 2 saturated heterocycles. The van der Waals surface area contributed by atoms with E-state index in [9.17, 15) is 14.4 Å². The lowest BCUT2D eigenvalue weighted by Gasteiger charge is -2.43. The number of ether oxygens (including phenoxy) is 2. The number of hydrogen-bond acceptors (Lipinski definition) is 8. The summed E-state index contributed by atoms with van der Waals surface area (Å²) in [6.45, 7) is 4.41. The van der Waals surface area contributed by atoms with E-state index in [-0.39, 0.29) is 5.78 Å². The summed E-state index contributed by atoms with van der Waals surface area (Å²) < 4.78 is 16.8. The summed E-state index contributed by atoms with van der Waals surface area (Å²) in [5, 5.41) is 6.01. The van der Waals surface area contributed by atoms with E-state index in [1.807, 2.05) is 24.3 Å². The van der Waals surface area contributed by atoms with Crippen molar-refractivity contribution in [2.24, 2.45) is 10.5 Å². The molecule has 0 amide bonds. The van der Waals surface area contributed by atoms with Gasteiger partial charge in [-0.2, -0.15) is 5.10 Å². The zero-order valence-corrected chi connectivity index (χ0v) is 16.7. The number of benzene rings is 1. The van der Waals surface area contributed by atoms with Gasteiger partial charge in [0.25, 0.3) is 5.79 Å². The average molecular weight is 408 g/mol. The fourth-order valence-electron chi connectivity index (χ4n) is 4.94. The number of cyclic esters (lactones) is 2. The monoisotopic (exact) mass is 408 g/mol. The molecule has 1 aromatic heterocycles. The van der Waals surface area contributed by atoms with Gasteiger partial charge in [0, 0.05) is 13.8 Å². The number of rotatable bonds is 2. The lowest BCUT2D eigenvalue weighted by atomic mass is 9.67. The maximum atomic E-state index is 13.6. The number of hydrazone groups is 1. The summed E-state index contributed by atoms with van der Waals surface area (Å²) in [5.41, 5.74) is -0.398. The summed E-state index contributed by atoms with van der Waals surface area (Å²) in [6, 6.07) is 8.84. The fourth-order valence-corrected chi connectivity index (χ4v) is 4.94. The Bertz CT molecular complexity index is 1070. The number of carbonyl (C=O) groups excluding carboxylic acids is 3. The van der Waals surface area contributed by atoms with Gasteiger partial charge >= 0.3 is 11.9 Å². The van der Waals surface area contributed by atoms with Gasteiger partial charge < -0.3 is 13.9 Å². The number of carbonyl (C=O) groups is 3. The molecule has 2 fully saturated rings. The minimum absolute atomic E-state index is 0.250. The number of ketones is 1. The summed E-state index contributed by atoms with van der Waals surface area (Å²) in [4.78, 5) is 40.1. The van der Waals surface area contributed by atoms with Crippen molar-refractivity contribution in [2.75, 3.05) is 0 Å². The van der Waals surface area contributed by atoms with Crippen molar-refractivity contribution in [2.45, 2.75) is 44.6 Å². The minimum atomic E-state index is -1.85. The molecule has 5 rings (SSSR count). The molecule has 1 unspecified atom stereocenters. The van der Waals surface area contributed by atoms with Gasteiger partial charge in [0.2, 0.25) is 5.41 Å². The number of esters is 2. The van der Waals surface area contributed by atoms with E-state index in [1.165, 1.54) is 32.0 Å². The first kappa shape index (κ1) is 18.6. The second-order valence-electron chi connectivity index (χ2n) is 8.25. The number of Topliss-reactive ketones (excluding diaryl/α,β-unsaturated/α-hetero) is 1. The molecule has 1 spiro atoms. The standard InChI is InChI=1S/C22H20N2O6/c1-12(25)17-16(15-9-6-10-28-15)22(19(26)29-21(2,3)30-20(22)27)18-14-8-5-4-7-13(14)11-23-24(17)18/h4-11,16-18H,1-3H3/t16-,17-,18?/m1/s1. The quantitative estimate of drug-likeness (QED) is 0.556. The lowest BCUT2D eigenvalue weighted by Crippen LogP contribution is -2.58. The molecule has 1 aromatic carbocycles. The maximum absolute atomic E-state index is 13.6. The zero-order chi connectivity index (χ0) is 21.3. The van der Waals surface area contributed by atoms with Crippen LogP contribution in [0.5, 0.6) is 0 Å². The summed E-state index contributed by atoms with van der Waals surface area (Å²) in [6.07, 6.45) is 3.07. The van der Waals surface area contributed by atoms with Crippen molar-refractivity contribution in [1.82, 2.24) is 5.01 Å². The van der Waals surface area contributed by atoms with Gasteiger partial charge in [0.1, 0.15) is 17.8 Å². The molecule has 0 N–H and O–H groups in total. The molecule has 4 heterocycles. The number of fused-ring (bicyclic) bond motifs is 4. The SMILES string of the molecule is CC(=O)[C@@H]1[C@@H](c2ccco2)C2(C(=O)OC(C)(C)OC2=O)C2c3ccccc3C=NN21. The van der Waals surface area contributed by atoms with Crippen LogP contribution < -0.4 is 0 Å². The fraction of sp³-hybridized carbons (Fsp3) is 0.364. The highest BCUT2D eigenvalue weighted by molar-refractivity contribution is 6.06. The largest absolute Gasteiger partial charge is 0.469 e. The van der Waals surface area contributed by atoms with Gasteiger partial charge in [-0.05, 0) is 30.2 Å². The third kappa shape index (κ3) is 2.27.